The second-order valence-electron chi connectivity index (χ2n) is 16.7. The van der Waals surface area contributed by atoms with Crippen molar-refractivity contribution in [3.63, 3.8) is 0 Å². The van der Waals surface area contributed by atoms with E-state index in [9.17, 15) is 28.5 Å². The number of unbranched alkanes of at least 4 members (excludes halogenated alkanes) is 25. The molecule has 1 aliphatic rings. The highest BCUT2D eigenvalue weighted by atomic mass is 32.3. The van der Waals surface area contributed by atoms with Crippen molar-refractivity contribution < 1.29 is 56.2 Å². The van der Waals surface area contributed by atoms with Crippen molar-refractivity contribution in [2.45, 2.75) is 243 Å². The minimum Gasteiger partial charge on any atom is -0.457 e. The minimum atomic E-state index is -5.06. The van der Waals surface area contributed by atoms with Crippen molar-refractivity contribution >= 4 is 16.4 Å². The van der Waals surface area contributed by atoms with Crippen molar-refractivity contribution in [3.8, 4) is 0 Å². The molecular weight excluding hydrogens is 789 g/mol. The van der Waals surface area contributed by atoms with Crippen molar-refractivity contribution in [3.05, 3.63) is 24.3 Å². The molecule has 0 aromatic heterocycles. The van der Waals surface area contributed by atoms with Crippen LogP contribution in [0.5, 0.6) is 0 Å². The molecule has 0 saturated carbocycles. The molecule has 6 atom stereocenters. The Morgan fingerprint density at radius 1 is 0.633 bits per heavy atom. The molecule has 1 fully saturated rings. The Bertz CT molecular complexity index is 1150. The Balaban J connectivity index is 2.40. The average Bonchev–Trinajstić information content (AvgIpc) is 3.22. The molecule has 13 heteroatoms. The number of ether oxygens (including phenoxy) is 4. The van der Waals surface area contributed by atoms with Gasteiger partial charge >= 0.3 is 16.4 Å². The van der Waals surface area contributed by atoms with Gasteiger partial charge in [-0.05, 0) is 44.9 Å². The summed E-state index contributed by atoms with van der Waals surface area (Å²) in [4.78, 5) is 12.9. The lowest BCUT2D eigenvalue weighted by Crippen LogP contribution is -2.60. The van der Waals surface area contributed by atoms with E-state index in [-0.39, 0.29) is 19.6 Å². The normalized spacial score (nSPS) is 20.4. The second-order valence-corrected chi connectivity index (χ2v) is 17.8. The number of allylic oxidation sites excluding steroid dienone is 4. The number of esters is 1. The molecule has 1 heterocycles. The lowest BCUT2D eigenvalue weighted by molar-refractivity contribution is -0.301. The summed E-state index contributed by atoms with van der Waals surface area (Å²) in [5.41, 5.74) is 0. The monoisotopic (exact) mass is 877 g/mol. The quantitative estimate of drug-likeness (QED) is 0.0198. The molecule has 0 spiro atoms. The standard InChI is InChI=1S/C47H88O12S/c1-3-5-7-9-11-13-15-17-19-21-23-25-27-29-31-33-35-37-55-39-41(40-56-47-45(51)46(59-60(52,53)54)44(50)42(38-48)58-47)57-43(49)36-34-32-30-28-26-24-22-20-18-16-14-12-10-8-6-4-2/h14,16,20,22,41-42,44-48,50-51H,3-13,15,17-19,21,23-40H2,1-2H3,(H,52,53,54)/b16-14-,22-20-. The van der Waals surface area contributed by atoms with Crippen molar-refractivity contribution in [2.75, 3.05) is 26.4 Å². The topological polar surface area (TPSA) is 178 Å². The second kappa shape index (κ2) is 39.2. The predicted octanol–water partition coefficient (Wildman–Crippen LogP) is 10.4. The summed E-state index contributed by atoms with van der Waals surface area (Å²) >= 11 is 0. The molecule has 0 amide bonds. The molecule has 1 saturated heterocycles. The van der Waals surface area contributed by atoms with Crippen molar-refractivity contribution in [2.24, 2.45) is 0 Å². The van der Waals surface area contributed by atoms with E-state index in [0.717, 1.165) is 57.8 Å². The van der Waals surface area contributed by atoms with Crippen molar-refractivity contribution in [1.82, 2.24) is 0 Å². The first-order valence-electron chi connectivity index (χ1n) is 24.1. The third-order valence-corrected chi connectivity index (χ3v) is 11.5. The van der Waals surface area contributed by atoms with Gasteiger partial charge in [-0.2, -0.15) is 8.42 Å². The first kappa shape index (κ1) is 56.6. The molecule has 354 valence electrons. The Morgan fingerprint density at radius 3 is 1.60 bits per heavy atom. The largest absolute Gasteiger partial charge is 0.457 e. The molecule has 1 aliphatic heterocycles. The van der Waals surface area contributed by atoms with Crippen molar-refractivity contribution in [1.29, 1.82) is 0 Å². The summed E-state index contributed by atoms with van der Waals surface area (Å²) in [6.07, 6.45) is 34.9. The first-order valence-corrected chi connectivity index (χ1v) is 25.5. The van der Waals surface area contributed by atoms with Gasteiger partial charge in [0.1, 0.15) is 30.5 Å². The fourth-order valence-electron chi connectivity index (χ4n) is 7.41. The van der Waals surface area contributed by atoms with Gasteiger partial charge in [0.05, 0.1) is 19.8 Å². The van der Waals surface area contributed by atoms with E-state index in [1.54, 1.807) is 0 Å². The number of hydrogen-bond acceptors (Lipinski definition) is 11. The Morgan fingerprint density at radius 2 is 1.10 bits per heavy atom. The molecule has 0 aliphatic carbocycles. The highest BCUT2D eigenvalue weighted by molar-refractivity contribution is 7.80. The maximum atomic E-state index is 12.9. The van der Waals surface area contributed by atoms with Crippen LogP contribution in [0, 0.1) is 0 Å². The van der Waals surface area contributed by atoms with Gasteiger partial charge in [0, 0.05) is 13.0 Å². The van der Waals surface area contributed by atoms with Gasteiger partial charge in [-0.1, -0.05) is 179 Å². The van der Waals surface area contributed by atoms with Crippen LogP contribution in [-0.2, 0) is 38.3 Å². The van der Waals surface area contributed by atoms with Crippen LogP contribution in [0.25, 0.3) is 0 Å². The van der Waals surface area contributed by atoms with Gasteiger partial charge in [0.2, 0.25) is 0 Å². The average molecular weight is 877 g/mol. The molecule has 0 bridgehead atoms. The minimum absolute atomic E-state index is 0.0344. The van der Waals surface area contributed by atoms with E-state index in [1.807, 2.05) is 0 Å². The van der Waals surface area contributed by atoms with Gasteiger partial charge in [-0.15, -0.1) is 0 Å². The van der Waals surface area contributed by atoms with Crippen LogP contribution >= 0.6 is 0 Å². The van der Waals surface area contributed by atoms with Gasteiger partial charge in [0.15, 0.2) is 6.29 Å². The van der Waals surface area contributed by atoms with Gasteiger partial charge < -0.3 is 34.3 Å². The van der Waals surface area contributed by atoms with E-state index in [4.69, 9.17) is 23.5 Å². The Kier molecular flexibility index (Phi) is 37.0. The predicted molar refractivity (Wildman–Crippen MR) is 239 cm³/mol. The van der Waals surface area contributed by atoms with Crippen LogP contribution in [0.3, 0.4) is 0 Å². The van der Waals surface area contributed by atoms with Gasteiger partial charge in [-0.25, -0.2) is 4.18 Å². The van der Waals surface area contributed by atoms with E-state index < -0.39 is 59.8 Å². The zero-order chi connectivity index (χ0) is 43.9. The third-order valence-electron chi connectivity index (χ3n) is 11.1. The highest BCUT2D eigenvalue weighted by Crippen LogP contribution is 2.26. The lowest BCUT2D eigenvalue weighted by atomic mass is 9.99. The maximum Gasteiger partial charge on any atom is 0.397 e. The number of carbonyl (C=O) groups excluding carboxylic acids is 1. The van der Waals surface area contributed by atoms with Crippen LogP contribution in [0.15, 0.2) is 24.3 Å². The molecule has 12 nitrogen and oxygen atoms in total. The maximum absolute atomic E-state index is 12.9. The molecule has 1 rings (SSSR count). The fraction of sp³-hybridized carbons (Fsp3) is 0.894. The van der Waals surface area contributed by atoms with E-state index in [0.29, 0.717) is 13.0 Å². The summed E-state index contributed by atoms with van der Waals surface area (Å²) < 4.78 is 59.1. The summed E-state index contributed by atoms with van der Waals surface area (Å²) in [5, 5.41) is 30.7. The number of carbonyl (C=O) groups is 1. The molecule has 0 radical (unpaired) electrons. The molecule has 0 aromatic carbocycles. The molecule has 0 aromatic rings. The Hall–Kier alpha value is -1.42. The first-order chi connectivity index (χ1) is 29.1. The number of hydrogen-bond donors (Lipinski definition) is 4. The lowest BCUT2D eigenvalue weighted by Gasteiger charge is -2.41. The zero-order valence-electron chi connectivity index (χ0n) is 37.8. The zero-order valence-corrected chi connectivity index (χ0v) is 38.6. The fourth-order valence-corrected chi connectivity index (χ4v) is 7.92. The summed E-state index contributed by atoms with van der Waals surface area (Å²) in [6, 6.07) is 0. The number of rotatable bonds is 42. The highest BCUT2D eigenvalue weighted by Gasteiger charge is 2.48. The summed E-state index contributed by atoms with van der Waals surface area (Å²) in [6.45, 7) is 3.98. The smallest absolute Gasteiger partial charge is 0.397 e. The van der Waals surface area contributed by atoms with Crippen LogP contribution in [0.1, 0.15) is 206 Å². The molecule has 60 heavy (non-hydrogen) atoms. The molecular formula is C47H88O12S. The summed E-state index contributed by atoms with van der Waals surface area (Å²) in [5.74, 6) is -0.410. The number of aliphatic hydroxyl groups excluding tert-OH is 3. The van der Waals surface area contributed by atoms with E-state index >= 15 is 0 Å². The Labute approximate surface area is 365 Å². The van der Waals surface area contributed by atoms with Crippen LogP contribution in [0.4, 0.5) is 0 Å². The van der Waals surface area contributed by atoms with Gasteiger partial charge in [-0.3, -0.25) is 9.35 Å². The summed E-state index contributed by atoms with van der Waals surface area (Å²) in [7, 11) is -5.06. The van der Waals surface area contributed by atoms with Crippen LogP contribution < -0.4 is 0 Å². The van der Waals surface area contributed by atoms with Crippen LogP contribution in [-0.4, -0.2) is 97.5 Å². The SMILES string of the molecule is CCCCCC/C=C\C/C=C\CCCCCCCC(=O)OC(COCCCCCCCCCCCCCCCCCCC)COC1OC(CO)C(O)C(OS(=O)(=O)O)C1O. The van der Waals surface area contributed by atoms with Gasteiger partial charge in [0.25, 0.3) is 0 Å². The molecule has 4 N–H and O–H groups in total. The van der Waals surface area contributed by atoms with E-state index in [1.165, 1.54) is 122 Å². The van der Waals surface area contributed by atoms with E-state index in [2.05, 4.69) is 42.3 Å². The van der Waals surface area contributed by atoms with Crippen LogP contribution in [0.2, 0.25) is 0 Å². The number of aliphatic hydroxyl groups is 3. The third kappa shape index (κ3) is 32.3. The molecule has 6 unspecified atom stereocenters.